The van der Waals surface area contributed by atoms with Crippen molar-refractivity contribution in [3.05, 3.63) is 64.3 Å². The Morgan fingerprint density at radius 1 is 1.35 bits per heavy atom. The van der Waals surface area contributed by atoms with Crippen LogP contribution in [-0.2, 0) is 13.6 Å². The number of carbonyl (C=O) groups is 1. The first-order valence-corrected chi connectivity index (χ1v) is 7.08. The first-order chi connectivity index (χ1) is 11.1. The van der Waals surface area contributed by atoms with Crippen LogP contribution in [0.5, 0.6) is 5.75 Å². The maximum atomic E-state index is 12.6. The molecule has 3 aromatic rings. The summed E-state index contributed by atoms with van der Waals surface area (Å²) < 4.78 is 12.1. The zero-order chi connectivity index (χ0) is 16.4. The quantitative estimate of drug-likeness (QED) is 0.800. The molecule has 2 aromatic heterocycles. The predicted molar refractivity (Wildman–Crippen MR) is 85.6 cm³/mol. The van der Waals surface area contributed by atoms with Crippen LogP contribution in [0.15, 0.2) is 52.0 Å². The van der Waals surface area contributed by atoms with Crippen LogP contribution < -0.4 is 15.5 Å². The topological polar surface area (TPSA) is 73.5 Å². The highest BCUT2D eigenvalue weighted by molar-refractivity contribution is 5.97. The second-order valence-corrected chi connectivity index (χ2v) is 5.13. The first-order valence-electron chi connectivity index (χ1n) is 7.08. The molecule has 6 heteroatoms. The average molecular weight is 312 g/mol. The summed E-state index contributed by atoms with van der Waals surface area (Å²) in [6.07, 6.45) is 3.07. The number of pyridine rings is 1. The third kappa shape index (κ3) is 2.83. The number of methoxy groups -OCH3 is 1. The maximum absolute atomic E-state index is 12.6. The highest BCUT2D eigenvalue weighted by Crippen LogP contribution is 2.18. The number of hydrogen-bond acceptors (Lipinski definition) is 4. The maximum Gasteiger partial charge on any atom is 0.257 e. The number of carbonyl (C=O) groups excluding carboxylic acids is 1. The van der Waals surface area contributed by atoms with Gasteiger partial charge in [-0.05, 0) is 30.3 Å². The summed E-state index contributed by atoms with van der Waals surface area (Å²) >= 11 is 0. The second-order valence-electron chi connectivity index (χ2n) is 5.13. The van der Waals surface area contributed by atoms with Crippen molar-refractivity contribution in [3.63, 3.8) is 0 Å². The molecule has 0 radical (unpaired) electrons. The highest BCUT2D eigenvalue weighted by atomic mass is 16.5. The molecule has 0 aliphatic rings. The van der Waals surface area contributed by atoms with E-state index in [0.29, 0.717) is 16.9 Å². The van der Waals surface area contributed by atoms with Crippen molar-refractivity contribution < 1.29 is 13.9 Å². The van der Waals surface area contributed by atoms with Gasteiger partial charge in [0.2, 0.25) is 5.43 Å². The van der Waals surface area contributed by atoms with Gasteiger partial charge in [-0.3, -0.25) is 9.59 Å². The number of aromatic nitrogens is 1. The lowest BCUT2D eigenvalue weighted by atomic mass is 10.1. The zero-order valence-corrected chi connectivity index (χ0v) is 12.8. The minimum atomic E-state index is -0.438. The van der Waals surface area contributed by atoms with Crippen LogP contribution >= 0.6 is 0 Å². The number of furan rings is 1. The Morgan fingerprint density at radius 2 is 2.17 bits per heavy atom. The number of aryl methyl sites for hydroxylation is 1. The summed E-state index contributed by atoms with van der Waals surface area (Å²) in [4.78, 5) is 24.9. The van der Waals surface area contributed by atoms with Crippen LogP contribution in [-0.4, -0.2) is 17.6 Å². The lowest BCUT2D eigenvalue weighted by molar-refractivity contribution is 0.0946. The number of rotatable bonds is 4. The number of nitrogens with zero attached hydrogens (tertiary/aromatic N) is 1. The molecule has 2 heterocycles. The van der Waals surface area contributed by atoms with Crippen molar-refractivity contribution in [1.82, 2.24) is 9.88 Å². The molecule has 0 bridgehead atoms. The van der Waals surface area contributed by atoms with Gasteiger partial charge >= 0.3 is 0 Å². The molecular weight excluding hydrogens is 296 g/mol. The first kappa shape index (κ1) is 14.9. The number of fused-ring (bicyclic) bond motifs is 1. The van der Waals surface area contributed by atoms with Crippen LogP contribution in [0.25, 0.3) is 10.9 Å². The van der Waals surface area contributed by atoms with E-state index in [1.807, 2.05) is 0 Å². The molecule has 0 atom stereocenters. The fraction of sp³-hybridized carbons (Fsp3) is 0.176. The molecule has 6 nitrogen and oxygen atoms in total. The Kier molecular flexibility index (Phi) is 3.89. The molecule has 1 aromatic carbocycles. The Labute approximate surface area is 132 Å². The highest BCUT2D eigenvalue weighted by Gasteiger charge is 2.15. The largest absolute Gasteiger partial charge is 0.497 e. The van der Waals surface area contributed by atoms with Gasteiger partial charge in [-0.1, -0.05) is 0 Å². The third-order valence-electron chi connectivity index (χ3n) is 3.64. The third-order valence-corrected chi connectivity index (χ3v) is 3.64. The van der Waals surface area contributed by atoms with Gasteiger partial charge in [0.05, 0.1) is 30.8 Å². The second kappa shape index (κ2) is 6.00. The van der Waals surface area contributed by atoms with Gasteiger partial charge in [-0.15, -0.1) is 0 Å². The summed E-state index contributed by atoms with van der Waals surface area (Å²) in [5, 5.41) is 3.13. The number of amides is 1. The van der Waals surface area contributed by atoms with Crippen molar-refractivity contribution in [2.75, 3.05) is 7.11 Å². The summed E-state index contributed by atoms with van der Waals surface area (Å²) in [7, 11) is 3.32. The van der Waals surface area contributed by atoms with Gasteiger partial charge < -0.3 is 19.0 Å². The van der Waals surface area contributed by atoms with Crippen molar-refractivity contribution in [1.29, 1.82) is 0 Å². The van der Waals surface area contributed by atoms with Gasteiger partial charge in [0.1, 0.15) is 17.1 Å². The van der Waals surface area contributed by atoms with E-state index in [4.69, 9.17) is 9.15 Å². The molecule has 3 rings (SSSR count). The van der Waals surface area contributed by atoms with Gasteiger partial charge in [0.15, 0.2) is 0 Å². The monoisotopic (exact) mass is 312 g/mol. The van der Waals surface area contributed by atoms with Crippen molar-refractivity contribution in [2.45, 2.75) is 6.54 Å². The summed E-state index contributed by atoms with van der Waals surface area (Å²) in [5.74, 6) is 0.757. The molecule has 118 valence electrons. The lowest BCUT2D eigenvalue weighted by Crippen LogP contribution is -2.29. The molecule has 0 saturated heterocycles. The van der Waals surface area contributed by atoms with Crippen LogP contribution in [0.3, 0.4) is 0 Å². The van der Waals surface area contributed by atoms with E-state index in [2.05, 4.69) is 5.32 Å². The average Bonchev–Trinajstić information content (AvgIpc) is 3.09. The Balaban J connectivity index is 1.98. The molecule has 0 saturated carbocycles. The van der Waals surface area contributed by atoms with E-state index in [0.717, 1.165) is 5.52 Å². The molecular formula is C17H16N2O4. The minimum absolute atomic E-state index is 0.0832. The molecule has 0 aliphatic carbocycles. The standard InChI is InChI=1S/C17H16N2O4/c1-19-10-14(17(21)18-9-12-4-3-7-23-12)16(20)13-8-11(22-2)5-6-15(13)19/h3-8,10H,9H2,1-2H3,(H,18,21). The van der Waals surface area contributed by atoms with Gasteiger partial charge in [-0.25, -0.2) is 0 Å². The summed E-state index contributed by atoms with van der Waals surface area (Å²) in [5.41, 5.74) is 0.493. The fourth-order valence-electron chi connectivity index (χ4n) is 2.44. The predicted octanol–water partition coefficient (Wildman–Crippen LogP) is 2.07. The van der Waals surface area contributed by atoms with Crippen molar-refractivity contribution >= 4 is 16.8 Å². The molecule has 0 fully saturated rings. The van der Waals surface area contributed by atoms with Crippen LogP contribution in [0, 0.1) is 0 Å². The molecule has 1 amide bonds. The van der Waals surface area contributed by atoms with E-state index in [9.17, 15) is 9.59 Å². The molecule has 23 heavy (non-hydrogen) atoms. The summed E-state index contributed by atoms with van der Waals surface area (Å²) in [6.45, 7) is 0.227. The molecule has 1 N–H and O–H groups in total. The number of benzene rings is 1. The molecule has 0 unspecified atom stereocenters. The van der Waals surface area contributed by atoms with E-state index < -0.39 is 5.91 Å². The lowest BCUT2D eigenvalue weighted by Gasteiger charge is -2.10. The van der Waals surface area contributed by atoms with Crippen LogP contribution in [0.4, 0.5) is 0 Å². The zero-order valence-electron chi connectivity index (χ0n) is 12.8. The number of ether oxygens (including phenoxy) is 1. The van der Waals surface area contributed by atoms with E-state index in [1.165, 1.54) is 19.6 Å². The Bertz CT molecular complexity index is 910. The van der Waals surface area contributed by atoms with E-state index in [1.54, 1.807) is 41.9 Å². The van der Waals surface area contributed by atoms with Crippen molar-refractivity contribution in [3.8, 4) is 5.75 Å². The Hall–Kier alpha value is -3.02. The molecule has 0 spiro atoms. The number of nitrogens with one attached hydrogen (secondary N) is 1. The smallest absolute Gasteiger partial charge is 0.257 e. The van der Waals surface area contributed by atoms with Crippen molar-refractivity contribution in [2.24, 2.45) is 7.05 Å². The van der Waals surface area contributed by atoms with Gasteiger partial charge in [-0.2, -0.15) is 0 Å². The van der Waals surface area contributed by atoms with Gasteiger partial charge in [0, 0.05) is 13.2 Å². The minimum Gasteiger partial charge on any atom is -0.497 e. The van der Waals surface area contributed by atoms with Gasteiger partial charge in [0.25, 0.3) is 5.91 Å². The number of hydrogen-bond donors (Lipinski definition) is 1. The normalized spacial score (nSPS) is 10.7. The molecule has 0 aliphatic heterocycles. The summed E-state index contributed by atoms with van der Waals surface area (Å²) in [6, 6.07) is 8.70. The van der Waals surface area contributed by atoms with E-state index in [-0.39, 0.29) is 17.5 Å². The SMILES string of the molecule is COc1ccc2c(c1)c(=O)c(C(=O)NCc1ccco1)cn2C. The van der Waals surface area contributed by atoms with Crippen LogP contribution in [0.1, 0.15) is 16.1 Å². The fourth-order valence-corrected chi connectivity index (χ4v) is 2.44. The van der Waals surface area contributed by atoms with E-state index >= 15 is 0 Å². The van der Waals surface area contributed by atoms with Crippen LogP contribution in [0.2, 0.25) is 0 Å². The Morgan fingerprint density at radius 3 is 2.87 bits per heavy atom.